The Bertz CT molecular complexity index is 1810. The van der Waals surface area contributed by atoms with E-state index in [9.17, 15) is 29.3 Å². The topological polar surface area (TPSA) is 183 Å². The lowest BCUT2D eigenvalue weighted by atomic mass is 10.2. The summed E-state index contributed by atoms with van der Waals surface area (Å²) >= 11 is 0. The Balaban J connectivity index is 1.22. The zero-order valence-corrected chi connectivity index (χ0v) is 19.9. The highest BCUT2D eigenvalue weighted by Crippen LogP contribution is 2.15. The summed E-state index contributed by atoms with van der Waals surface area (Å²) < 4.78 is 2.87. The molecule has 0 radical (unpaired) electrons. The largest absolute Gasteiger partial charge is 0.325 e. The van der Waals surface area contributed by atoms with Crippen molar-refractivity contribution < 1.29 is 19.3 Å². The molecule has 0 bridgehead atoms. The van der Waals surface area contributed by atoms with Crippen molar-refractivity contribution in [2.24, 2.45) is 0 Å². The number of nitro groups is 1. The number of nitrogens with zero attached hydrogens (tertiary/aromatic N) is 5. The highest BCUT2D eigenvalue weighted by molar-refractivity contribution is 5.99. The van der Waals surface area contributed by atoms with Crippen LogP contribution in [0.5, 0.6) is 0 Å². The molecule has 194 valence electrons. The molecule has 0 saturated heterocycles. The van der Waals surface area contributed by atoms with Crippen molar-refractivity contribution in [2.45, 2.75) is 6.54 Å². The number of rotatable bonds is 6. The lowest BCUT2D eigenvalue weighted by Gasteiger charge is -2.12. The van der Waals surface area contributed by atoms with Gasteiger partial charge in [0.2, 0.25) is 11.6 Å². The Morgan fingerprint density at radius 1 is 0.846 bits per heavy atom. The Labute approximate surface area is 218 Å². The first-order valence-corrected chi connectivity index (χ1v) is 11.4. The molecule has 0 unspecified atom stereocenters. The number of nitrogens with one attached hydrogen (secondary N) is 3. The lowest BCUT2D eigenvalue weighted by Crippen LogP contribution is -2.41. The number of carbonyl (C=O) groups is 3. The molecular weight excluding hydrogens is 508 g/mol. The molecule has 39 heavy (non-hydrogen) atoms. The van der Waals surface area contributed by atoms with E-state index in [-0.39, 0.29) is 29.0 Å². The monoisotopic (exact) mass is 526 g/mol. The van der Waals surface area contributed by atoms with Crippen LogP contribution in [-0.4, -0.2) is 41.8 Å². The van der Waals surface area contributed by atoms with E-state index >= 15 is 0 Å². The Hall–Kier alpha value is -5.92. The molecule has 0 spiro atoms. The van der Waals surface area contributed by atoms with Crippen LogP contribution in [0, 0.1) is 10.1 Å². The summed E-state index contributed by atoms with van der Waals surface area (Å²) in [5, 5.41) is 21.1. The molecule has 3 amide bonds. The predicted molar refractivity (Wildman–Crippen MR) is 138 cm³/mol. The van der Waals surface area contributed by atoms with Gasteiger partial charge in [0.05, 0.1) is 16.0 Å². The van der Waals surface area contributed by atoms with Gasteiger partial charge in [0.15, 0.2) is 0 Å². The van der Waals surface area contributed by atoms with Gasteiger partial charge in [0, 0.05) is 28.9 Å². The minimum Gasteiger partial charge on any atom is -0.325 e. The van der Waals surface area contributed by atoms with Gasteiger partial charge in [-0.2, -0.15) is 0 Å². The number of fused-ring (bicyclic) bond motifs is 3. The molecule has 14 heteroatoms. The van der Waals surface area contributed by atoms with Crippen LogP contribution in [-0.2, 0) is 11.3 Å². The van der Waals surface area contributed by atoms with Crippen LogP contribution in [0.3, 0.4) is 0 Å². The summed E-state index contributed by atoms with van der Waals surface area (Å²) in [5.41, 5.74) is 5.84. The molecule has 3 N–H and O–H groups in total. The molecule has 2 heterocycles. The second-order valence-corrected chi connectivity index (χ2v) is 8.24. The SMILES string of the molecule is O=C(Cn1c(=O)c2nncn2c2ccccc21)Nc1ccc(C(=O)NNC(=O)c2ccc([N+](=O)[O-])cc2)cc1. The van der Waals surface area contributed by atoms with Gasteiger partial charge in [0.25, 0.3) is 23.1 Å². The first kappa shape index (κ1) is 24.8. The smallest absolute Gasteiger partial charge is 0.297 e. The number of benzene rings is 3. The first-order valence-electron chi connectivity index (χ1n) is 11.4. The number of amides is 3. The normalized spacial score (nSPS) is 10.8. The molecular formula is C25H18N8O6. The number of nitro benzene ring substituents is 1. The molecule has 5 rings (SSSR count). The van der Waals surface area contributed by atoms with Crippen molar-refractivity contribution in [1.29, 1.82) is 0 Å². The lowest BCUT2D eigenvalue weighted by molar-refractivity contribution is -0.384. The summed E-state index contributed by atoms with van der Waals surface area (Å²) in [6, 6.07) is 17.8. The summed E-state index contributed by atoms with van der Waals surface area (Å²) in [4.78, 5) is 60.4. The summed E-state index contributed by atoms with van der Waals surface area (Å²) in [6.07, 6.45) is 1.43. The molecule has 5 aromatic rings. The number of carbonyl (C=O) groups excluding carboxylic acids is 3. The zero-order valence-electron chi connectivity index (χ0n) is 19.9. The van der Waals surface area contributed by atoms with Crippen LogP contribution in [0.15, 0.2) is 83.9 Å². The van der Waals surface area contributed by atoms with E-state index in [4.69, 9.17) is 0 Å². The van der Waals surface area contributed by atoms with Crippen LogP contribution < -0.4 is 21.7 Å². The van der Waals surface area contributed by atoms with Crippen molar-refractivity contribution in [3.05, 3.63) is 111 Å². The summed E-state index contributed by atoms with van der Waals surface area (Å²) in [6.45, 7) is -0.278. The minimum atomic E-state index is -0.658. The molecule has 14 nitrogen and oxygen atoms in total. The van der Waals surface area contributed by atoms with Gasteiger partial charge in [-0.05, 0) is 48.5 Å². The fraction of sp³-hybridized carbons (Fsp3) is 0.0400. The predicted octanol–water partition coefficient (Wildman–Crippen LogP) is 1.67. The molecule has 2 aromatic heterocycles. The van der Waals surface area contributed by atoms with Gasteiger partial charge in [-0.3, -0.25) is 49.1 Å². The van der Waals surface area contributed by atoms with Gasteiger partial charge in [-0.15, -0.1) is 10.2 Å². The highest BCUT2D eigenvalue weighted by atomic mass is 16.6. The van der Waals surface area contributed by atoms with Crippen molar-refractivity contribution in [3.63, 3.8) is 0 Å². The van der Waals surface area contributed by atoms with E-state index in [0.717, 1.165) is 0 Å². The van der Waals surface area contributed by atoms with Crippen molar-refractivity contribution in [3.8, 4) is 0 Å². The molecule has 0 fully saturated rings. The van der Waals surface area contributed by atoms with Crippen LogP contribution >= 0.6 is 0 Å². The standard InChI is InChI=1S/C25H18N8O6/c34-21(13-31-19-3-1-2-4-20(19)32-14-26-28-22(32)25(31)37)27-17-9-5-15(6-10-17)23(35)29-30-24(36)16-7-11-18(12-8-16)33(38)39/h1-12,14H,13H2,(H,27,34)(H,29,35)(H,30,36). The van der Waals surface area contributed by atoms with Crippen LogP contribution in [0.25, 0.3) is 16.7 Å². The van der Waals surface area contributed by atoms with Gasteiger partial charge in [0.1, 0.15) is 12.9 Å². The molecule has 0 aliphatic heterocycles. The number of aromatic nitrogens is 4. The van der Waals surface area contributed by atoms with Gasteiger partial charge in [-0.1, -0.05) is 12.1 Å². The van der Waals surface area contributed by atoms with E-state index < -0.39 is 28.2 Å². The second-order valence-electron chi connectivity index (χ2n) is 8.24. The van der Waals surface area contributed by atoms with Crippen molar-refractivity contribution in [2.75, 3.05) is 5.32 Å². The number of non-ortho nitro benzene ring substituents is 1. The van der Waals surface area contributed by atoms with Gasteiger partial charge in [-0.25, -0.2) is 0 Å². The maximum atomic E-state index is 12.9. The van der Waals surface area contributed by atoms with Gasteiger partial charge < -0.3 is 5.32 Å². The van der Waals surface area contributed by atoms with Crippen molar-refractivity contribution >= 4 is 45.8 Å². The van der Waals surface area contributed by atoms with Gasteiger partial charge >= 0.3 is 0 Å². The number of hydrogen-bond acceptors (Lipinski definition) is 8. The van der Waals surface area contributed by atoms with E-state index in [0.29, 0.717) is 16.7 Å². The molecule has 0 saturated carbocycles. The molecule has 0 aliphatic carbocycles. The Kier molecular flexibility index (Phi) is 6.48. The average molecular weight is 526 g/mol. The number of hydrogen-bond donors (Lipinski definition) is 3. The third-order valence-electron chi connectivity index (χ3n) is 5.78. The van der Waals surface area contributed by atoms with E-state index in [2.05, 4.69) is 26.4 Å². The minimum absolute atomic E-state index is 0.0949. The maximum Gasteiger partial charge on any atom is 0.297 e. The van der Waals surface area contributed by atoms with E-state index in [1.54, 1.807) is 28.7 Å². The summed E-state index contributed by atoms with van der Waals surface area (Å²) in [7, 11) is 0. The van der Waals surface area contributed by atoms with Crippen LogP contribution in [0.4, 0.5) is 11.4 Å². The molecule has 0 atom stereocenters. The maximum absolute atomic E-state index is 12.9. The highest BCUT2D eigenvalue weighted by Gasteiger charge is 2.15. The summed E-state index contributed by atoms with van der Waals surface area (Å²) in [5.74, 6) is -1.75. The quantitative estimate of drug-likeness (QED) is 0.220. The third kappa shape index (κ3) is 5.01. The number of anilines is 1. The van der Waals surface area contributed by atoms with Crippen molar-refractivity contribution in [1.82, 2.24) is 30.0 Å². The van der Waals surface area contributed by atoms with E-state index in [1.165, 1.54) is 59.4 Å². The first-order chi connectivity index (χ1) is 18.8. The fourth-order valence-corrected chi connectivity index (χ4v) is 3.88. The number of hydrazine groups is 1. The Morgan fingerprint density at radius 2 is 1.44 bits per heavy atom. The fourth-order valence-electron chi connectivity index (χ4n) is 3.88. The zero-order chi connectivity index (χ0) is 27.5. The van der Waals surface area contributed by atoms with Crippen LogP contribution in [0.1, 0.15) is 20.7 Å². The number of para-hydroxylation sites is 2. The third-order valence-corrected chi connectivity index (χ3v) is 5.78. The van der Waals surface area contributed by atoms with Crippen LogP contribution in [0.2, 0.25) is 0 Å². The van der Waals surface area contributed by atoms with E-state index in [1.807, 2.05) is 0 Å². The Morgan fingerprint density at radius 3 is 2.05 bits per heavy atom. The second kappa shape index (κ2) is 10.2. The molecule has 0 aliphatic rings. The molecule has 3 aromatic carbocycles. The average Bonchev–Trinajstić information content (AvgIpc) is 3.45.